The minimum Gasteiger partial charge on any atom is -0.315 e. The Labute approximate surface area is 96.7 Å². The molecule has 0 unspecified atom stereocenters. The van der Waals surface area contributed by atoms with Crippen molar-refractivity contribution >= 4 is 11.8 Å². The van der Waals surface area contributed by atoms with Gasteiger partial charge in [-0.3, -0.25) is 14.5 Å². The van der Waals surface area contributed by atoms with E-state index in [2.05, 4.69) is 19.2 Å². The van der Waals surface area contributed by atoms with Crippen LogP contribution in [0.4, 0.5) is 0 Å². The van der Waals surface area contributed by atoms with E-state index in [0.717, 1.165) is 25.8 Å². The van der Waals surface area contributed by atoms with Crippen LogP contribution < -0.4 is 5.32 Å². The van der Waals surface area contributed by atoms with Gasteiger partial charge >= 0.3 is 0 Å². The van der Waals surface area contributed by atoms with Gasteiger partial charge in [0, 0.05) is 24.7 Å². The fourth-order valence-electron chi connectivity index (χ4n) is 1.61. The smallest absolute Gasteiger partial charge is 0.253 e. The number of imide groups is 1. The largest absolute Gasteiger partial charge is 0.315 e. The molecular weight excluding hydrogens is 204 g/mol. The molecule has 1 aliphatic heterocycles. The van der Waals surface area contributed by atoms with Crippen LogP contribution in [0.5, 0.6) is 0 Å². The molecule has 1 N–H and O–H groups in total. The van der Waals surface area contributed by atoms with Crippen molar-refractivity contribution in [3.05, 3.63) is 12.2 Å². The Balaban J connectivity index is 2.03. The summed E-state index contributed by atoms with van der Waals surface area (Å²) in [6.45, 7) is 5.78. The molecule has 0 aromatic rings. The number of carbonyl (C=O) groups is 2. The van der Waals surface area contributed by atoms with Crippen molar-refractivity contribution in [1.82, 2.24) is 10.2 Å². The Hall–Kier alpha value is -1.16. The molecule has 4 nitrogen and oxygen atoms in total. The van der Waals surface area contributed by atoms with Crippen LogP contribution in [0.2, 0.25) is 0 Å². The number of carbonyl (C=O) groups excluding carboxylic acids is 2. The standard InChI is InChI=1S/C12H20N2O2/c1-10(2)13-8-4-3-5-9-14-11(15)6-7-12(14)16/h6-7,10,13H,3-5,8-9H2,1-2H3. The molecule has 0 aliphatic carbocycles. The van der Waals surface area contributed by atoms with Gasteiger partial charge in [-0.2, -0.15) is 0 Å². The Bertz CT molecular complexity index is 267. The van der Waals surface area contributed by atoms with Crippen molar-refractivity contribution in [1.29, 1.82) is 0 Å². The van der Waals surface area contributed by atoms with Gasteiger partial charge in [-0.25, -0.2) is 0 Å². The van der Waals surface area contributed by atoms with Crippen LogP contribution >= 0.6 is 0 Å². The molecular formula is C12H20N2O2. The number of unbranched alkanes of at least 4 members (excludes halogenated alkanes) is 2. The lowest BCUT2D eigenvalue weighted by Crippen LogP contribution is -2.31. The molecule has 0 fully saturated rings. The average Bonchev–Trinajstić information content (AvgIpc) is 2.53. The molecule has 0 spiro atoms. The second-order valence-corrected chi connectivity index (χ2v) is 4.33. The van der Waals surface area contributed by atoms with E-state index in [1.54, 1.807) is 0 Å². The van der Waals surface area contributed by atoms with Crippen molar-refractivity contribution in [2.75, 3.05) is 13.1 Å². The number of hydrogen-bond donors (Lipinski definition) is 1. The van der Waals surface area contributed by atoms with Crippen LogP contribution in [0.25, 0.3) is 0 Å². The highest BCUT2D eigenvalue weighted by Gasteiger charge is 2.21. The van der Waals surface area contributed by atoms with Gasteiger partial charge in [-0.05, 0) is 19.4 Å². The molecule has 90 valence electrons. The summed E-state index contributed by atoms with van der Waals surface area (Å²) < 4.78 is 0. The second-order valence-electron chi connectivity index (χ2n) is 4.33. The van der Waals surface area contributed by atoms with Gasteiger partial charge in [0.05, 0.1) is 0 Å². The van der Waals surface area contributed by atoms with Crippen molar-refractivity contribution in [2.45, 2.75) is 39.2 Å². The molecule has 4 heteroatoms. The van der Waals surface area contributed by atoms with E-state index in [-0.39, 0.29) is 11.8 Å². The molecule has 0 bridgehead atoms. The Morgan fingerprint density at radius 1 is 1.12 bits per heavy atom. The van der Waals surface area contributed by atoms with E-state index < -0.39 is 0 Å². The molecule has 0 aromatic carbocycles. The van der Waals surface area contributed by atoms with Crippen LogP contribution in [-0.2, 0) is 9.59 Å². The van der Waals surface area contributed by atoms with E-state index in [4.69, 9.17) is 0 Å². The molecule has 16 heavy (non-hydrogen) atoms. The first-order valence-electron chi connectivity index (χ1n) is 5.88. The summed E-state index contributed by atoms with van der Waals surface area (Å²) in [5, 5.41) is 3.33. The molecule has 0 saturated carbocycles. The van der Waals surface area contributed by atoms with E-state index in [0.29, 0.717) is 12.6 Å². The van der Waals surface area contributed by atoms with E-state index in [9.17, 15) is 9.59 Å². The van der Waals surface area contributed by atoms with Gasteiger partial charge in [0.25, 0.3) is 11.8 Å². The normalized spacial score (nSPS) is 15.6. The number of amides is 2. The van der Waals surface area contributed by atoms with Crippen LogP contribution in [0.15, 0.2) is 12.2 Å². The maximum Gasteiger partial charge on any atom is 0.253 e. The van der Waals surface area contributed by atoms with E-state index >= 15 is 0 Å². The summed E-state index contributed by atoms with van der Waals surface area (Å²) >= 11 is 0. The Kier molecular flexibility index (Phi) is 5.19. The van der Waals surface area contributed by atoms with Crippen LogP contribution in [-0.4, -0.2) is 35.8 Å². The third-order valence-electron chi connectivity index (χ3n) is 2.51. The van der Waals surface area contributed by atoms with Crippen LogP contribution in [0.3, 0.4) is 0 Å². The zero-order valence-corrected chi connectivity index (χ0v) is 10.0. The summed E-state index contributed by atoms with van der Waals surface area (Å²) in [4.78, 5) is 23.7. The predicted octanol–water partition coefficient (Wildman–Crippen LogP) is 1.08. The summed E-state index contributed by atoms with van der Waals surface area (Å²) in [7, 11) is 0. The third kappa shape index (κ3) is 4.14. The number of nitrogens with one attached hydrogen (secondary N) is 1. The summed E-state index contributed by atoms with van der Waals surface area (Å²) in [6.07, 6.45) is 5.68. The predicted molar refractivity (Wildman–Crippen MR) is 62.8 cm³/mol. The van der Waals surface area contributed by atoms with E-state index in [1.165, 1.54) is 17.1 Å². The van der Waals surface area contributed by atoms with Crippen LogP contribution in [0, 0.1) is 0 Å². The minimum absolute atomic E-state index is 0.176. The zero-order valence-electron chi connectivity index (χ0n) is 10.0. The van der Waals surface area contributed by atoms with Crippen molar-refractivity contribution < 1.29 is 9.59 Å². The fraction of sp³-hybridized carbons (Fsp3) is 0.667. The molecule has 1 rings (SSSR count). The number of nitrogens with zero attached hydrogens (tertiary/aromatic N) is 1. The number of hydrogen-bond acceptors (Lipinski definition) is 3. The first kappa shape index (κ1) is 12.9. The van der Waals surface area contributed by atoms with Gasteiger partial charge in [-0.15, -0.1) is 0 Å². The zero-order chi connectivity index (χ0) is 12.0. The molecule has 0 radical (unpaired) electrons. The molecule has 1 aliphatic rings. The fourth-order valence-corrected chi connectivity index (χ4v) is 1.61. The third-order valence-corrected chi connectivity index (χ3v) is 2.51. The van der Waals surface area contributed by atoms with E-state index in [1.807, 2.05) is 0 Å². The molecule has 2 amide bonds. The summed E-state index contributed by atoms with van der Waals surface area (Å²) in [5.74, 6) is -0.351. The molecule has 0 atom stereocenters. The molecule has 1 heterocycles. The molecule has 0 saturated heterocycles. The minimum atomic E-state index is -0.176. The maximum absolute atomic E-state index is 11.2. The van der Waals surface area contributed by atoms with Gasteiger partial charge in [0.15, 0.2) is 0 Å². The Morgan fingerprint density at radius 2 is 1.75 bits per heavy atom. The SMILES string of the molecule is CC(C)NCCCCCN1C(=O)C=CC1=O. The number of rotatable bonds is 7. The lowest BCUT2D eigenvalue weighted by molar-refractivity contribution is -0.136. The van der Waals surface area contributed by atoms with Gasteiger partial charge in [0.1, 0.15) is 0 Å². The highest BCUT2D eigenvalue weighted by Crippen LogP contribution is 2.06. The highest BCUT2D eigenvalue weighted by molar-refractivity contribution is 6.12. The molecule has 0 aromatic heterocycles. The summed E-state index contributed by atoms with van der Waals surface area (Å²) in [5.41, 5.74) is 0. The first-order chi connectivity index (χ1) is 7.61. The lowest BCUT2D eigenvalue weighted by Gasteiger charge is -2.13. The topological polar surface area (TPSA) is 49.4 Å². The van der Waals surface area contributed by atoms with Crippen molar-refractivity contribution in [3.63, 3.8) is 0 Å². The lowest BCUT2D eigenvalue weighted by atomic mass is 10.2. The van der Waals surface area contributed by atoms with Gasteiger partial charge < -0.3 is 5.32 Å². The quantitative estimate of drug-likeness (QED) is 0.520. The van der Waals surface area contributed by atoms with Gasteiger partial charge in [0.2, 0.25) is 0 Å². The maximum atomic E-state index is 11.2. The van der Waals surface area contributed by atoms with Crippen LogP contribution in [0.1, 0.15) is 33.1 Å². The second kappa shape index (κ2) is 6.43. The Morgan fingerprint density at radius 3 is 2.31 bits per heavy atom. The highest BCUT2D eigenvalue weighted by atomic mass is 16.2. The van der Waals surface area contributed by atoms with Gasteiger partial charge in [-0.1, -0.05) is 20.3 Å². The monoisotopic (exact) mass is 224 g/mol. The first-order valence-corrected chi connectivity index (χ1v) is 5.88. The van der Waals surface area contributed by atoms with Crippen molar-refractivity contribution in [3.8, 4) is 0 Å². The summed E-state index contributed by atoms with van der Waals surface area (Å²) in [6, 6.07) is 0.519. The van der Waals surface area contributed by atoms with Crippen molar-refractivity contribution in [2.24, 2.45) is 0 Å². The average molecular weight is 224 g/mol.